The first-order valence-corrected chi connectivity index (χ1v) is 13.3. The van der Waals surface area contributed by atoms with Crippen molar-refractivity contribution in [1.29, 1.82) is 0 Å². The number of carbonyl (C=O) groups is 3. The van der Waals surface area contributed by atoms with Crippen molar-refractivity contribution >= 4 is 18.2 Å². The van der Waals surface area contributed by atoms with E-state index in [9.17, 15) is 14.8 Å². The standard InChI is InChI=1S/C28H37N3O3.CH2O2/c1-20(2)27(32)24-8-7-22-12-16-30(17-13-23(22)18-24)15-11-21-5-9-26(10-6-21)29-28(33)25-4-3-14-31(34)19-25;2-1-3/h3-4,7-8,14,18-21,26H,5-6,9-13,15-17H2,1-2H3,(H,29,33);1H,(H,2,3). The molecule has 1 aliphatic carbocycles. The number of carboxylic acid groups (broad SMARTS) is 1. The minimum absolute atomic E-state index is 0.0341. The maximum atomic E-state index is 12.4. The number of hydrogen-bond donors (Lipinski definition) is 2. The van der Waals surface area contributed by atoms with Gasteiger partial charge in [0, 0.05) is 36.7 Å². The van der Waals surface area contributed by atoms with Crippen LogP contribution in [0, 0.1) is 17.0 Å². The molecule has 200 valence electrons. The second-order valence-electron chi connectivity index (χ2n) is 10.4. The summed E-state index contributed by atoms with van der Waals surface area (Å²) in [5.74, 6) is 0.811. The molecule has 2 heterocycles. The lowest BCUT2D eigenvalue weighted by atomic mass is 9.84. The van der Waals surface area contributed by atoms with Gasteiger partial charge in [0.15, 0.2) is 18.2 Å². The lowest BCUT2D eigenvalue weighted by molar-refractivity contribution is -0.605. The Balaban J connectivity index is 0.00000121. The van der Waals surface area contributed by atoms with E-state index in [1.807, 2.05) is 19.9 Å². The summed E-state index contributed by atoms with van der Waals surface area (Å²) in [5.41, 5.74) is 4.00. The first kappa shape index (κ1) is 28.3. The Labute approximate surface area is 219 Å². The second-order valence-corrected chi connectivity index (χ2v) is 10.4. The van der Waals surface area contributed by atoms with E-state index in [0.29, 0.717) is 16.2 Å². The highest BCUT2D eigenvalue weighted by Crippen LogP contribution is 2.28. The number of rotatable bonds is 7. The zero-order valence-electron chi connectivity index (χ0n) is 21.9. The fraction of sp³-hybridized carbons (Fsp3) is 0.517. The molecule has 2 aromatic rings. The largest absolute Gasteiger partial charge is 0.619 e. The molecule has 0 bridgehead atoms. The third-order valence-electron chi connectivity index (χ3n) is 7.48. The molecule has 2 aliphatic rings. The average Bonchev–Trinajstić information content (AvgIpc) is 3.10. The van der Waals surface area contributed by atoms with Crippen molar-refractivity contribution in [2.24, 2.45) is 11.8 Å². The minimum atomic E-state index is -0.250. The maximum Gasteiger partial charge on any atom is 0.290 e. The van der Waals surface area contributed by atoms with Gasteiger partial charge in [-0.05, 0) is 80.7 Å². The number of nitrogens with one attached hydrogen (secondary N) is 1. The molecule has 1 aromatic carbocycles. The van der Waals surface area contributed by atoms with Gasteiger partial charge in [-0.2, -0.15) is 4.73 Å². The second kappa shape index (κ2) is 13.9. The molecule has 0 atom stereocenters. The Morgan fingerprint density at radius 3 is 2.43 bits per heavy atom. The molecule has 0 unspecified atom stereocenters. The molecule has 2 N–H and O–H groups in total. The summed E-state index contributed by atoms with van der Waals surface area (Å²) in [6.45, 7) is 6.91. The highest BCUT2D eigenvalue weighted by molar-refractivity contribution is 5.97. The van der Waals surface area contributed by atoms with Crippen LogP contribution in [0.5, 0.6) is 0 Å². The average molecular weight is 510 g/mol. The number of Topliss-reactive ketones (excluding diaryl/α,β-unsaturated/α-hetero) is 1. The lowest BCUT2D eigenvalue weighted by Gasteiger charge is -2.30. The van der Waals surface area contributed by atoms with Crippen LogP contribution in [-0.2, 0) is 17.6 Å². The fourth-order valence-corrected chi connectivity index (χ4v) is 5.30. The van der Waals surface area contributed by atoms with E-state index in [2.05, 4.69) is 22.3 Å². The molecule has 8 heteroatoms. The minimum Gasteiger partial charge on any atom is -0.619 e. The van der Waals surface area contributed by atoms with Gasteiger partial charge in [-0.1, -0.05) is 26.0 Å². The predicted molar refractivity (Wildman–Crippen MR) is 141 cm³/mol. The summed E-state index contributed by atoms with van der Waals surface area (Å²) in [4.78, 5) is 35.7. The fourth-order valence-electron chi connectivity index (χ4n) is 5.30. The molecule has 8 nitrogen and oxygen atoms in total. The van der Waals surface area contributed by atoms with Crippen LogP contribution >= 0.6 is 0 Å². The molecule has 1 aliphatic heterocycles. The Hall–Kier alpha value is -3.26. The molecule has 0 spiro atoms. The molecule has 0 radical (unpaired) electrons. The predicted octanol–water partition coefficient (Wildman–Crippen LogP) is 3.64. The first-order chi connectivity index (χ1) is 17.8. The van der Waals surface area contributed by atoms with Crippen LogP contribution in [0.3, 0.4) is 0 Å². The SMILES string of the molecule is CC(C)C(=O)c1ccc2c(c1)CCN(CCC1CCC(NC(=O)c3ccc[n+]([O-])c3)CC1)CC2.O=CO. The normalized spacial score (nSPS) is 19.6. The Morgan fingerprint density at radius 1 is 1.11 bits per heavy atom. The van der Waals surface area contributed by atoms with Gasteiger partial charge in [0.25, 0.3) is 12.4 Å². The van der Waals surface area contributed by atoms with Crippen LogP contribution in [0.2, 0.25) is 0 Å². The summed E-state index contributed by atoms with van der Waals surface area (Å²) in [6, 6.07) is 9.77. The van der Waals surface area contributed by atoms with E-state index >= 15 is 0 Å². The van der Waals surface area contributed by atoms with Crippen molar-refractivity contribution in [2.45, 2.75) is 64.8 Å². The molecule has 4 rings (SSSR count). The quantitative estimate of drug-likeness (QED) is 0.255. The molecule has 1 aromatic heterocycles. The van der Waals surface area contributed by atoms with Gasteiger partial charge in [-0.25, -0.2) is 0 Å². The number of nitrogens with zero attached hydrogens (tertiary/aromatic N) is 2. The number of carbonyl (C=O) groups excluding carboxylic acids is 2. The van der Waals surface area contributed by atoms with Gasteiger partial charge < -0.3 is 20.5 Å². The van der Waals surface area contributed by atoms with Crippen LogP contribution in [-0.4, -0.2) is 53.8 Å². The first-order valence-electron chi connectivity index (χ1n) is 13.3. The molecule has 1 amide bonds. The van der Waals surface area contributed by atoms with Crippen molar-refractivity contribution in [3.63, 3.8) is 0 Å². The molecule has 1 fully saturated rings. The molecule has 37 heavy (non-hydrogen) atoms. The van der Waals surface area contributed by atoms with Crippen molar-refractivity contribution < 1.29 is 24.2 Å². The zero-order chi connectivity index (χ0) is 26.8. The van der Waals surface area contributed by atoms with Crippen LogP contribution in [0.25, 0.3) is 0 Å². The van der Waals surface area contributed by atoms with Gasteiger partial charge in [0.2, 0.25) is 0 Å². The van der Waals surface area contributed by atoms with Crippen molar-refractivity contribution in [1.82, 2.24) is 10.2 Å². The van der Waals surface area contributed by atoms with Gasteiger partial charge in [-0.15, -0.1) is 0 Å². The van der Waals surface area contributed by atoms with Gasteiger partial charge >= 0.3 is 0 Å². The highest BCUT2D eigenvalue weighted by Gasteiger charge is 2.24. The monoisotopic (exact) mass is 509 g/mol. The van der Waals surface area contributed by atoms with E-state index in [1.54, 1.807) is 12.1 Å². The summed E-state index contributed by atoms with van der Waals surface area (Å²) in [5, 5.41) is 21.4. The zero-order valence-corrected chi connectivity index (χ0v) is 21.9. The Bertz CT molecular complexity index is 1060. The van der Waals surface area contributed by atoms with E-state index in [1.165, 1.54) is 29.9 Å². The number of fused-ring (bicyclic) bond motifs is 1. The van der Waals surface area contributed by atoms with Crippen molar-refractivity contribution in [3.05, 3.63) is 70.2 Å². The molecule has 0 saturated heterocycles. The van der Waals surface area contributed by atoms with E-state index < -0.39 is 0 Å². The highest BCUT2D eigenvalue weighted by atomic mass is 16.5. The van der Waals surface area contributed by atoms with Crippen molar-refractivity contribution in [2.75, 3.05) is 19.6 Å². The third-order valence-corrected chi connectivity index (χ3v) is 7.48. The topological polar surface area (TPSA) is 114 Å². The maximum absolute atomic E-state index is 12.4. The van der Waals surface area contributed by atoms with E-state index in [4.69, 9.17) is 9.90 Å². The number of aromatic nitrogens is 1. The third kappa shape index (κ3) is 8.39. The Kier molecular flexibility index (Phi) is 10.6. The number of pyridine rings is 1. The molecule has 1 saturated carbocycles. The van der Waals surface area contributed by atoms with Crippen molar-refractivity contribution in [3.8, 4) is 0 Å². The summed E-state index contributed by atoms with van der Waals surface area (Å²) < 4.78 is 0.664. The number of ketones is 1. The van der Waals surface area contributed by atoms with Crippen LogP contribution in [0.4, 0.5) is 0 Å². The smallest absolute Gasteiger partial charge is 0.290 e. The lowest BCUT2D eigenvalue weighted by Crippen LogP contribution is -2.39. The van der Waals surface area contributed by atoms with Crippen LogP contribution in [0.1, 0.15) is 77.8 Å². The summed E-state index contributed by atoms with van der Waals surface area (Å²) in [6.07, 6.45) is 10.2. The molecular weight excluding hydrogens is 470 g/mol. The summed E-state index contributed by atoms with van der Waals surface area (Å²) in [7, 11) is 0. The number of benzene rings is 1. The molecular formula is C29H39N3O5. The number of amides is 1. The van der Waals surface area contributed by atoms with Gasteiger partial charge in [0.1, 0.15) is 5.56 Å². The van der Waals surface area contributed by atoms with Crippen LogP contribution < -0.4 is 10.0 Å². The van der Waals surface area contributed by atoms with Gasteiger partial charge in [0.05, 0.1) is 0 Å². The van der Waals surface area contributed by atoms with Gasteiger partial charge in [-0.3, -0.25) is 14.4 Å². The van der Waals surface area contributed by atoms with E-state index in [-0.39, 0.29) is 30.1 Å². The van der Waals surface area contributed by atoms with E-state index in [0.717, 1.165) is 63.7 Å². The summed E-state index contributed by atoms with van der Waals surface area (Å²) >= 11 is 0. The Morgan fingerprint density at radius 2 is 1.78 bits per heavy atom. The van der Waals surface area contributed by atoms with Crippen LogP contribution in [0.15, 0.2) is 42.7 Å². The number of hydrogen-bond acceptors (Lipinski definition) is 5.